The molecule has 0 amide bonds. The van der Waals surface area contributed by atoms with E-state index < -0.39 is 0 Å². The van der Waals surface area contributed by atoms with Gasteiger partial charge in [-0.25, -0.2) is 4.39 Å². The average Bonchev–Trinajstić information content (AvgIpc) is 3.50. The molecule has 1 fully saturated rings. The van der Waals surface area contributed by atoms with Gasteiger partial charge in [-0.2, -0.15) is 5.10 Å². The Bertz CT molecular complexity index is 1330. The van der Waals surface area contributed by atoms with Crippen LogP contribution in [0.4, 0.5) is 4.39 Å². The maximum Gasteiger partial charge on any atom is 0.123 e. The van der Waals surface area contributed by atoms with Crippen LogP contribution in [0.25, 0.3) is 28.0 Å². The molecule has 2 aromatic carbocycles. The minimum absolute atomic E-state index is 0.260. The molecule has 0 saturated carbocycles. The number of nitrogens with one attached hydrogen (secondary N) is 1. The number of pyridine rings is 1. The molecule has 2 N–H and O–H groups in total. The lowest BCUT2D eigenvalue weighted by atomic mass is 9.91. The SMILES string of the molecule is Oc1ccc([C@@H]2C[C@H]3C=C(c4[nH]nc(-c5ccc(F)cc5)c4-c4ccncc4)CCN3C2)cc1. The molecule has 2 aliphatic rings. The van der Waals surface area contributed by atoms with Crippen molar-refractivity contribution in [2.75, 3.05) is 13.1 Å². The predicted molar refractivity (Wildman–Crippen MR) is 131 cm³/mol. The van der Waals surface area contributed by atoms with Gasteiger partial charge in [0, 0.05) is 42.7 Å². The molecule has 0 spiro atoms. The third-order valence-electron chi connectivity index (χ3n) is 7.05. The Morgan fingerprint density at radius 1 is 0.941 bits per heavy atom. The number of phenols is 1. The monoisotopic (exact) mass is 452 g/mol. The highest BCUT2D eigenvalue weighted by atomic mass is 19.1. The molecule has 34 heavy (non-hydrogen) atoms. The van der Waals surface area contributed by atoms with Crippen molar-refractivity contribution in [1.29, 1.82) is 0 Å². The lowest BCUT2D eigenvalue weighted by Crippen LogP contribution is -2.32. The summed E-state index contributed by atoms with van der Waals surface area (Å²) in [4.78, 5) is 6.73. The first-order chi connectivity index (χ1) is 16.7. The summed E-state index contributed by atoms with van der Waals surface area (Å²) >= 11 is 0. The zero-order valence-corrected chi connectivity index (χ0v) is 18.7. The van der Waals surface area contributed by atoms with Crippen LogP contribution in [0.1, 0.15) is 30.0 Å². The van der Waals surface area contributed by atoms with E-state index in [1.165, 1.54) is 23.3 Å². The fourth-order valence-corrected chi connectivity index (χ4v) is 5.33. The van der Waals surface area contributed by atoms with Crippen LogP contribution < -0.4 is 0 Å². The van der Waals surface area contributed by atoms with E-state index in [1.54, 1.807) is 36.7 Å². The number of H-pyrrole nitrogens is 1. The highest BCUT2D eigenvalue weighted by molar-refractivity contribution is 5.89. The molecule has 2 atom stereocenters. The molecule has 5 nitrogen and oxygen atoms in total. The third-order valence-corrected chi connectivity index (χ3v) is 7.05. The number of rotatable bonds is 4. The van der Waals surface area contributed by atoms with E-state index in [0.717, 1.165) is 54.0 Å². The first kappa shape index (κ1) is 20.8. The topological polar surface area (TPSA) is 65.0 Å². The number of aromatic amines is 1. The lowest BCUT2D eigenvalue weighted by Gasteiger charge is -2.28. The molecule has 2 aliphatic heterocycles. The van der Waals surface area contributed by atoms with Gasteiger partial charge in [0.05, 0.1) is 5.69 Å². The number of hydrogen-bond donors (Lipinski definition) is 2. The van der Waals surface area contributed by atoms with E-state index in [0.29, 0.717) is 17.7 Å². The summed E-state index contributed by atoms with van der Waals surface area (Å²) in [6, 6.07) is 18.5. The zero-order valence-electron chi connectivity index (χ0n) is 18.7. The van der Waals surface area contributed by atoms with Gasteiger partial charge in [-0.3, -0.25) is 15.0 Å². The van der Waals surface area contributed by atoms with Crippen LogP contribution in [0.5, 0.6) is 5.75 Å². The molecule has 6 heteroatoms. The van der Waals surface area contributed by atoms with Crippen LogP contribution in [-0.2, 0) is 0 Å². The fraction of sp³-hybridized carbons (Fsp3) is 0.214. The Balaban J connectivity index is 1.36. The Kier molecular flexibility index (Phi) is 5.23. The number of aromatic nitrogens is 3. The summed E-state index contributed by atoms with van der Waals surface area (Å²) in [7, 11) is 0. The third kappa shape index (κ3) is 3.80. The molecular formula is C28H25FN4O. The molecular weight excluding hydrogens is 427 g/mol. The molecule has 0 aliphatic carbocycles. The molecule has 0 unspecified atom stereocenters. The number of fused-ring (bicyclic) bond motifs is 1. The minimum Gasteiger partial charge on any atom is -0.508 e. The number of halogens is 1. The van der Waals surface area contributed by atoms with Crippen molar-refractivity contribution in [3.63, 3.8) is 0 Å². The molecule has 2 aromatic heterocycles. The van der Waals surface area contributed by atoms with E-state index >= 15 is 0 Å². The van der Waals surface area contributed by atoms with Crippen molar-refractivity contribution < 1.29 is 9.50 Å². The summed E-state index contributed by atoms with van der Waals surface area (Å²) in [6.07, 6.45) is 7.95. The maximum atomic E-state index is 13.6. The van der Waals surface area contributed by atoms with Gasteiger partial charge in [-0.1, -0.05) is 18.2 Å². The van der Waals surface area contributed by atoms with Gasteiger partial charge in [-0.05, 0) is 84.0 Å². The van der Waals surface area contributed by atoms with E-state index in [-0.39, 0.29) is 5.82 Å². The van der Waals surface area contributed by atoms with Crippen LogP contribution in [0.15, 0.2) is 79.1 Å². The van der Waals surface area contributed by atoms with Crippen molar-refractivity contribution in [2.45, 2.75) is 24.8 Å². The first-order valence-electron chi connectivity index (χ1n) is 11.6. The highest BCUT2D eigenvalue weighted by Gasteiger charge is 2.35. The van der Waals surface area contributed by atoms with Crippen molar-refractivity contribution in [2.24, 2.45) is 0 Å². The van der Waals surface area contributed by atoms with Gasteiger partial charge in [0.15, 0.2) is 0 Å². The molecule has 0 bridgehead atoms. The number of aromatic hydroxyl groups is 1. The largest absolute Gasteiger partial charge is 0.508 e. The second-order valence-electron chi connectivity index (χ2n) is 9.09. The Morgan fingerprint density at radius 2 is 1.71 bits per heavy atom. The molecule has 4 aromatic rings. The summed E-state index contributed by atoms with van der Waals surface area (Å²) in [5, 5.41) is 17.6. The number of hydrogen-bond acceptors (Lipinski definition) is 4. The van der Waals surface area contributed by atoms with Gasteiger partial charge < -0.3 is 5.11 Å². The average molecular weight is 453 g/mol. The molecule has 0 radical (unpaired) electrons. The van der Waals surface area contributed by atoms with Crippen molar-refractivity contribution >= 4 is 5.57 Å². The molecule has 6 rings (SSSR count). The summed E-state index contributed by atoms with van der Waals surface area (Å²) in [5.74, 6) is 0.503. The van der Waals surface area contributed by atoms with E-state index in [4.69, 9.17) is 0 Å². The van der Waals surface area contributed by atoms with Crippen molar-refractivity contribution in [3.05, 3.63) is 96.2 Å². The second kappa shape index (κ2) is 8.54. The zero-order chi connectivity index (χ0) is 23.1. The Morgan fingerprint density at radius 3 is 2.47 bits per heavy atom. The van der Waals surface area contributed by atoms with Crippen molar-refractivity contribution in [1.82, 2.24) is 20.1 Å². The summed E-state index contributed by atoms with van der Waals surface area (Å²) in [5.41, 5.74) is 7.33. The molecule has 4 heterocycles. The fourth-order valence-electron chi connectivity index (χ4n) is 5.33. The Labute approximate surface area is 197 Å². The number of phenolic OH excluding ortho intramolecular Hbond substituents is 1. The standard InChI is InChI=1S/C28H25FN4O/c29-23-5-1-20(2-6-23)27-26(19-9-12-30-13-10-19)28(32-31-27)21-11-14-33-17-22(16-24(33)15-21)18-3-7-25(34)8-4-18/h1-10,12-13,15,22,24,34H,11,14,16-17H2,(H,31,32)/t22-,24-/m1/s1. The predicted octanol–water partition coefficient (Wildman–Crippen LogP) is 5.63. The smallest absolute Gasteiger partial charge is 0.123 e. The van der Waals surface area contributed by atoms with Crippen LogP contribution >= 0.6 is 0 Å². The molecule has 170 valence electrons. The first-order valence-corrected chi connectivity index (χ1v) is 11.6. The lowest BCUT2D eigenvalue weighted by molar-refractivity contribution is 0.285. The second-order valence-corrected chi connectivity index (χ2v) is 9.09. The van der Waals surface area contributed by atoms with Crippen LogP contribution in [0.2, 0.25) is 0 Å². The van der Waals surface area contributed by atoms with Gasteiger partial charge in [-0.15, -0.1) is 0 Å². The maximum absolute atomic E-state index is 13.6. The van der Waals surface area contributed by atoms with Crippen LogP contribution in [0, 0.1) is 5.82 Å². The number of benzene rings is 2. The summed E-state index contributed by atoms with van der Waals surface area (Å²) < 4.78 is 13.6. The quantitative estimate of drug-likeness (QED) is 0.421. The Hall–Kier alpha value is -3.77. The number of nitrogens with zero attached hydrogens (tertiary/aromatic N) is 3. The van der Waals surface area contributed by atoms with Crippen molar-refractivity contribution in [3.8, 4) is 28.1 Å². The minimum atomic E-state index is -0.260. The summed E-state index contributed by atoms with van der Waals surface area (Å²) in [6.45, 7) is 2.02. The van der Waals surface area contributed by atoms with Gasteiger partial charge >= 0.3 is 0 Å². The van der Waals surface area contributed by atoms with Gasteiger partial charge in [0.2, 0.25) is 0 Å². The molecule has 1 saturated heterocycles. The van der Waals surface area contributed by atoms with E-state index in [9.17, 15) is 9.50 Å². The van der Waals surface area contributed by atoms with E-state index in [1.807, 2.05) is 24.3 Å². The normalized spacial score (nSPS) is 20.2. The highest BCUT2D eigenvalue weighted by Crippen LogP contribution is 2.41. The van der Waals surface area contributed by atoms with Crippen LogP contribution in [0.3, 0.4) is 0 Å². The van der Waals surface area contributed by atoms with Crippen LogP contribution in [-0.4, -0.2) is 44.3 Å². The van der Waals surface area contributed by atoms with E-state index in [2.05, 4.69) is 26.2 Å². The van der Waals surface area contributed by atoms with Gasteiger partial charge in [0.25, 0.3) is 0 Å². The van der Waals surface area contributed by atoms with Gasteiger partial charge in [0.1, 0.15) is 17.3 Å².